The van der Waals surface area contributed by atoms with Crippen molar-refractivity contribution in [1.82, 2.24) is 0 Å². The maximum atomic E-state index is 6.00. The molecule has 0 amide bonds. The Kier molecular flexibility index (Phi) is 9.68. The molecule has 3 rings (SSSR count). The molecule has 2 aliphatic carbocycles. The smallest absolute Gasteiger partial charge is 0.119 e. The molecule has 2 saturated carbocycles. The van der Waals surface area contributed by atoms with Crippen LogP contribution in [0.5, 0.6) is 11.5 Å². The highest BCUT2D eigenvalue weighted by atomic mass is 16.5. The van der Waals surface area contributed by atoms with Crippen LogP contribution in [0.2, 0.25) is 0 Å². The topological polar surface area (TPSA) is 18.5 Å². The van der Waals surface area contributed by atoms with E-state index in [2.05, 4.69) is 30.9 Å². The summed E-state index contributed by atoms with van der Waals surface area (Å²) < 4.78 is 11.5. The normalized spacial score (nSPS) is 26.7. The van der Waals surface area contributed by atoms with Gasteiger partial charge in [0.15, 0.2) is 0 Å². The second kappa shape index (κ2) is 12.7. The molecular formula is C28H40O2. The zero-order valence-electron chi connectivity index (χ0n) is 19.1. The number of benzene rings is 1. The fraction of sp³-hybridized carbons (Fsp3) is 0.643. The van der Waals surface area contributed by atoms with Crippen molar-refractivity contribution >= 4 is 0 Å². The Hall–Kier alpha value is -1.88. The molecule has 2 heteroatoms. The summed E-state index contributed by atoms with van der Waals surface area (Å²) >= 11 is 0. The van der Waals surface area contributed by atoms with E-state index in [9.17, 15) is 0 Å². The predicted molar refractivity (Wildman–Crippen MR) is 126 cm³/mol. The van der Waals surface area contributed by atoms with Crippen LogP contribution in [0.25, 0.3) is 0 Å². The Morgan fingerprint density at radius 1 is 0.833 bits per heavy atom. The molecule has 0 aromatic heterocycles. The Bertz CT molecular complexity index is 678. The van der Waals surface area contributed by atoms with E-state index in [0.717, 1.165) is 29.9 Å². The lowest BCUT2D eigenvalue weighted by atomic mass is 9.80. The van der Waals surface area contributed by atoms with E-state index in [1.165, 1.54) is 64.2 Å². The van der Waals surface area contributed by atoms with Gasteiger partial charge in [-0.2, -0.15) is 0 Å². The number of hydrogen-bond acceptors (Lipinski definition) is 2. The van der Waals surface area contributed by atoms with Gasteiger partial charge in [-0.15, -0.1) is 0 Å². The Balaban J connectivity index is 1.31. The van der Waals surface area contributed by atoms with Crippen LogP contribution in [0.3, 0.4) is 0 Å². The van der Waals surface area contributed by atoms with E-state index >= 15 is 0 Å². The van der Waals surface area contributed by atoms with Crippen molar-refractivity contribution < 1.29 is 9.47 Å². The third kappa shape index (κ3) is 7.75. The Morgan fingerprint density at radius 3 is 2.10 bits per heavy atom. The fourth-order valence-corrected chi connectivity index (χ4v) is 4.91. The zero-order chi connectivity index (χ0) is 21.0. The van der Waals surface area contributed by atoms with Gasteiger partial charge in [-0.1, -0.05) is 37.7 Å². The molecule has 1 aromatic rings. The van der Waals surface area contributed by atoms with E-state index in [-0.39, 0.29) is 0 Å². The minimum atomic E-state index is 0.566. The molecule has 0 heterocycles. The molecule has 1 aromatic carbocycles. The first kappa shape index (κ1) is 22.8. The summed E-state index contributed by atoms with van der Waals surface area (Å²) in [5.74, 6) is 11.7. The minimum Gasteiger partial charge on any atom is -0.494 e. The highest BCUT2D eigenvalue weighted by Gasteiger charge is 2.20. The molecule has 0 bridgehead atoms. The zero-order valence-corrected chi connectivity index (χ0v) is 19.1. The third-order valence-electron chi connectivity index (χ3n) is 6.79. The van der Waals surface area contributed by atoms with Crippen LogP contribution in [0.4, 0.5) is 0 Å². The fourth-order valence-electron chi connectivity index (χ4n) is 4.91. The summed E-state index contributed by atoms with van der Waals surface area (Å²) in [7, 11) is 0. The van der Waals surface area contributed by atoms with Crippen molar-refractivity contribution in [3.8, 4) is 23.3 Å². The molecule has 30 heavy (non-hydrogen) atoms. The van der Waals surface area contributed by atoms with Gasteiger partial charge in [0, 0.05) is 5.92 Å². The van der Waals surface area contributed by atoms with Gasteiger partial charge in [-0.25, -0.2) is 0 Å². The van der Waals surface area contributed by atoms with Crippen LogP contribution in [0.15, 0.2) is 36.4 Å². The molecule has 0 unspecified atom stereocenters. The van der Waals surface area contributed by atoms with Gasteiger partial charge in [0.25, 0.3) is 0 Å². The molecule has 2 fully saturated rings. The standard InChI is InChI=1S/C28H40O2/c1-3-7-23-10-12-24(13-11-23)8-5-6-9-25-14-16-26(17-15-25)22-30-28-20-18-27(19-21-28)29-4-2/h5,8,18-21,23-26H,3-4,7,10-17,22H2,1-2H3. The first-order valence-electron chi connectivity index (χ1n) is 12.3. The van der Waals surface area contributed by atoms with E-state index in [4.69, 9.17) is 9.47 Å². The molecule has 2 aliphatic rings. The van der Waals surface area contributed by atoms with E-state index in [1.807, 2.05) is 31.2 Å². The average Bonchev–Trinajstić information content (AvgIpc) is 2.78. The van der Waals surface area contributed by atoms with Crippen LogP contribution in [-0.4, -0.2) is 13.2 Å². The van der Waals surface area contributed by atoms with Crippen LogP contribution < -0.4 is 9.47 Å². The number of allylic oxidation sites excluding steroid dienone is 2. The maximum Gasteiger partial charge on any atom is 0.119 e. The molecule has 0 radical (unpaired) electrons. The summed E-state index contributed by atoms with van der Waals surface area (Å²) in [4.78, 5) is 0. The van der Waals surface area contributed by atoms with E-state index in [1.54, 1.807) is 0 Å². The maximum absolute atomic E-state index is 6.00. The summed E-state index contributed by atoms with van der Waals surface area (Å²) in [6.45, 7) is 5.82. The van der Waals surface area contributed by atoms with Crippen molar-refractivity contribution in [2.75, 3.05) is 13.2 Å². The second-order valence-electron chi connectivity index (χ2n) is 9.15. The van der Waals surface area contributed by atoms with Gasteiger partial charge in [0.05, 0.1) is 13.2 Å². The number of ether oxygens (including phenoxy) is 2. The SMILES string of the molecule is CCCC1CCC(C=CC#CC2CCC(COc3ccc(OCC)cc3)CC2)CC1. The molecular weight excluding hydrogens is 368 g/mol. The van der Waals surface area contributed by atoms with Crippen molar-refractivity contribution in [1.29, 1.82) is 0 Å². The van der Waals surface area contributed by atoms with Gasteiger partial charge in [-0.3, -0.25) is 0 Å². The molecule has 0 spiro atoms. The quantitative estimate of drug-likeness (QED) is 0.416. The summed E-state index contributed by atoms with van der Waals surface area (Å²) in [6, 6.07) is 7.97. The molecule has 0 N–H and O–H groups in total. The van der Waals surface area contributed by atoms with Crippen LogP contribution >= 0.6 is 0 Å². The van der Waals surface area contributed by atoms with Gasteiger partial charge in [0.1, 0.15) is 11.5 Å². The molecule has 0 atom stereocenters. The highest BCUT2D eigenvalue weighted by molar-refractivity contribution is 5.31. The summed E-state index contributed by atoms with van der Waals surface area (Å²) in [6.07, 6.45) is 17.7. The van der Waals surface area contributed by atoms with E-state index in [0.29, 0.717) is 18.4 Å². The summed E-state index contributed by atoms with van der Waals surface area (Å²) in [5, 5.41) is 0. The lowest BCUT2D eigenvalue weighted by Crippen LogP contribution is -2.19. The van der Waals surface area contributed by atoms with Gasteiger partial charge < -0.3 is 9.47 Å². The van der Waals surface area contributed by atoms with E-state index < -0.39 is 0 Å². The Labute approximate surface area is 184 Å². The van der Waals surface area contributed by atoms with Gasteiger partial charge in [0.2, 0.25) is 0 Å². The Morgan fingerprint density at radius 2 is 1.47 bits per heavy atom. The number of rotatable bonds is 8. The molecule has 0 aliphatic heterocycles. The predicted octanol–water partition coefficient (Wildman–Crippen LogP) is 7.44. The van der Waals surface area contributed by atoms with Crippen LogP contribution in [0.1, 0.15) is 78.1 Å². The van der Waals surface area contributed by atoms with Crippen molar-refractivity contribution in [3.63, 3.8) is 0 Å². The minimum absolute atomic E-state index is 0.566. The molecule has 2 nitrogen and oxygen atoms in total. The van der Waals surface area contributed by atoms with Gasteiger partial charge >= 0.3 is 0 Å². The first-order chi connectivity index (χ1) is 14.8. The molecule has 164 valence electrons. The lowest BCUT2D eigenvalue weighted by Gasteiger charge is -2.26. The number of hydrogen-bond donors (Lipinski definition) is 0. The first-order valence-corrected chi connectivity index (χ1v) is 12.3. The average molecular weight is 409 g/mol. The largest absolute Gasteiger partial charge is 0.494 e. The highest BCUT2D eigenvalue weighted by Crippen LogP contribution is 2.32. The van der Waals surface area contributed by atoms with Crippen molar-refractivity contribution in [3.05, 3.63) is 36.4 Å². The monoisotopic (exact) mass is 408 g/mol. The van der Waals surface area contributed by atoms with Crippen LogP contribution in [-0.2, 0) is 0 Å². The lowest BCUT2D eigenvalue weighted by molar-refractivity contribution is 0.196. The van der Waals surface area contributed by atoms with Gasteiger partial charge in [-0.05, 0) is 106 Å². The summed E-state index contributed by atoms with van der Waals surface area (Å²) in [5.41, 5.74) is 0. The third-order valence-corrected chi connectivity index (χ3v) is 6.79. The van der Waals surface area contributed by atoms with Crippen LogP contribution in [0, 0.1) is 35.5 Å². The van der Waals surface area contributed by atoms with Crippen molar-refractivity contribution in [2.45, 2.75) is 78.1 Å². The molecule has 0 saturated heterocycles. The second-order valence-corrected chi connectivity index (χ2v) is 9.15. The van der Waals surface area contributed by atoms with Crippen molar-refractivity contribution in [2.24, 2.45) is 23.7 Å².